The minimum absolute atomic E-state index is 0.0748. The summed E-state index contributed by atoms with van der Waals surface area (Å²) in [6.07, 6.45) is 3.87. The Bertz CT molecular complexity index is 858. The smallest absolute Gasteiger partial charge is 0.214 e. The second-order valence-corrected chi connectivity index (χ2v) is 8.77. The van der Waals surface area contributed by atoms with E-state index in [9.17, 15) is 13.2 Å². The minimum atomic E-state index is -0.601. The Morgan fingerprint density at radius 2 is 1.88 bits per heavy atom. The molecule has 2 heterocycles. The number of nitrogens with one attached hydrogen (secondary N) is 1. The highest BCUT2D eigenvalue weighted by Gasteiger charge is 2.25. The molecule has 1 atom stereocenters. The van der Waals surface area contributed by atoms with Crippen LogP contribution in [0.4, 0.5) is 24.7 Å². The Morgan fingerprint density at radius 1 is 1.16 bits per heavy atom. The molecule has 32 heavy (non-hydrogen) atoms. The van der Waals surface area contributed by atoms with Gasteiger partial charge >= 0.3 is 0 Å². The van der Waals surface area contributed by atoms with Crippen molar-refractivity contribution in [2.24, 2.45) is 0 Å². The van der Waals surface area contributed by atoms with Crippen molar-refractivity contribution in [3.63, 3.8) is 0 Å². The molecule has 4 rings (SSSR count). The van der Waals surface area contributed by atoms with Crippen LogP contribution in [-0.4, -0.2) is 63.5 Å². The SMILES string of the molecule is CF.CN(C)C1CC1.COC1CCN(c2ccc(SNc3cccc(F)n3)c(F)c2Cl)C1. The van der Waals surface area contributed by atoms with E-state index in [4.69, 9.17) is 16.3 Å². The predicted octanol–water partition coefficient (Wildman–Crippen LogP) is 5.65. The first-order valence-electron chi connectivity index (χ1n) is 10.2. The molecule has 1 unspecified atom stereocenters. The molecule has 2 fully saturated rings. The Kier molecular flexibility index (Phi) is 10.9. The van der Waals surface area contributed by atoms with Gasteiger partial charge in [0.2, 0.25) is 5.95 Å². The van der Waals surface area contributed by atoms with E-state index >= 15 is 0 Å². The lowest BCUT2D eigenvalue weighted by molar-refractivity contribution is 0.121. The van der Waals surface area contributed by atoms with Crippen LogP contribution in [0.3, 0.4) is 0 Å². The molecule has 0 amide bonds. The highest BCUT2D eigenvalue weighted by Crippen LogP contribution is 2.36. The van der Waals surface area contributed by atoms with Crippen LogP contribution in [0.1, 0.15) is 19.3 Å². The molecule has 1 aliphatic heterocycles. The summed E-state index contributed by atoms with van der Waals surface area (Å²) in [4.78, 5) is 8.27. The van der Waals surface area contributed by atoms with Crippen molar-refractivity contribution in [2.75, 3.05) is 51.1 Å². The molecule has 1 aromatic heterocycles. The van der Waals surface area contributed by atoms with Gasteiger partial charge in [0.05, 0.1) is 23.9 Å². The van der Waals surface area contributed by atoms with Gasteiger partial charge in [-0.15, -0.1) is 0 Å². The molecular formula is C22H30ClF3N4OS. The zero-order chi connectivity index (χ0) is 23.7. The predicted molar refractivity (Wildman–Crippen MR) is 126 cm³/mol. The second kappa shape index (κ2) is 13.1. The first-order chi connectivity index (χ1) is 15.4. The Morgan fingerprint density at radius 3 is 2.41 bits per heavy atom. The first kappa shape index (κ1) is 26.6. The van der Waals surface area contributed by atoms with Gasteiger partial charge in [-0.2, -0.15) is 4.39 Å². The van der Waals surface area contributed by atoms with E-state index in [1.54, 1.807) is 25.3 Å². The molecule has 1 aromatic carbocycles. The van der Waals surface area contributed by atoms with Crippen LogP contribution < -0.4 is 9.62 Å². The van der Waals surface area contributed by atoms with E-state index in [2.05, 4.69) is 28.7 Å². The molecule has 0 radical (unpaired) electrons. The van der Waals surface area contributed by atoms with Crippen molar-refractivity contribution in [1.82, 2.24) is 9.88 Å². The van der Waals surface area contributed by atoms with Crippen molar-refractivity contribution >= 4 is 35.1 Å². The molecule has 1 saturated heterocycles. The van der Waals surface area contributed by atoms with Gasteiger partial charge in [-0.05, 0) is 69.6 Å². The number of rotatable bonds is 6. The van der Waals surface area contributed by atoms with E-state index in [1.807, 2.05) is 4.90 Å². The molecule has 2 aliphatic rings. The van der Waals surface area contributed by atoms with Crippen LogP contribution in [0, 0.1) is 11.8 Å². The van der Waals surface area contributed by atoms with Gasteiger partial charge in [-0.25, -0.2) is 9.37 Å². The number of hydrogen-bond acceptors (Lipinski definition) is 6. The average Bonchev–Trinajstić information content (AvgIpc) is 3.55. The summed E-state index contributed by atoms with van der Waals surface area (Å²) in [5.74, 6) is -0.804. The van der Waals surface area contributed by atoms with Gasteiger partial charge in [0.15, 0.2) is 5.82 Å². The fourth-order valence-corrected chi connectivity index (χ4v) is 4.14. The summed E-state index contributed by atoms with van der Waals surface area (Å²) in [6.45, 7) is 1.46. The number of halogens is 4. The van der Waals surface area contributed by atoms with Gasteiger partial charge in [0, 0.05) is 26.2 Å². The number of methoxy groups -OCH3 is 1. The topological polar surface area (TPSA) is 40.6 Å². The summed E-state index contributed by atoms with van der Waals surface area (Å²) in [7, 11) is 6.44. The fourth-order valence-electron chi connectivity index (χ4n) is 3.15. The molecule has 0 spiro atoms. The van der Waals surface area contributed by atoms with Crippen molar-refractivity contribution in [3.8, 4) is 0 Å². The van der Waals surface area contributed by atoms with Crippen molar-refractivity contribution in [2.45, 2.75) is 36.3 Å². The third kappa shape index (κ3) is 7.72. The van der Waals surface area contributed by atoms with Crippen LogP contribution in [0.25, 0.3) is 0 Å². The largest absolute Gasteiger partial charge is 0.380 e. The van der Waals surface area contributed by atoms with Gasteiger partial charge in [0.1, 0.15) is 10.8 Å². The normalized spacial score (nSPS) is 17.4. The van der Waals surface area contributed by atoms with E-state index in [0.717, 1.165) is 31.0 Å². The summed E-state index contributed by atoms with van der Waals surface area (Å²) >= 11 is 7.20. The monoisotopic (exact) mass is 490 g/mol. The highest BCUT2D eigenvalue weighted by molar-refractivity contribution is 8.00. The van der Waals surface area contributed by atoms with Gasteiger partial charge in [0.25, 0.3) is 0 Å². The Balaban J connectivity index is 0.000000387. The van der Waals surface area contributed by atoms with Crippen LogP contribution in [-0.2, 0) is 4.74 Å². The second-order valence-electron chi connectivity index (χ2n) is 7.55. The molecule has 178 valence electrons. The lowest BCUT2D eigenvalue weighted by atomic mass is 10.3. The van der Waals surface area contributed by atoms with Crippen molar-refractivity contribution in [3.05, 3.63) is 47.1 Å². The maximum Gasteiger partial charge on any atom is 0.214 e. The van der Waals surface area contributed by atoms with Gasteiger partial charge < -0.3 is 19.3 Å². The molecule has 5 nitrogen and oxygen atoms in total. The average molecular weight is 491 g/mol. The van der Waals surface area contributed by atoms with E-state index in [0.29, 0.717) is 30.1 Å². The number of benzene rings is 1. The maximum atomic E-state index is 14.5. The molecule has 10 heteroatoms. The number of aromatic nitrogens is 1. The van der Waals surface area contributed by atoms with Crippen molar-refractivity contribution < 1.29 is 17.9 Å². The number of ether oxygens (including phenoxy) is 1. The van der Waals surface area contributed by atoms with E-state index < -0.39 is 11.8 Å². The summed E-state index contributed by atoms with van der Waals surface area (Å²) < 4.78 is 45.2. The molecule has 2 aromatic rings. The summed E-state index contributed by atoms with van der Waals surface area (Å²) in [6, 6.07) is 8.73. The van der Waals surface area contributed by atoms with Crippen LogP contribution in [0.5, 0.6) is 0 Å². The number of anilines is 2. The lowest BCUT2D eigenvalue weighted by Crippen LogP contribution is -2.22. The Labute approximate surface area is 197 Å². The zero-order valence-electron chi connectivity index (χ0n) is 18.7. The number of nitrogens with zero attached hydrogens (tertiary/aromatic N) is 3. The van der Waals surface area contributed by atoms with Crippen LogP contribution in [0.15, 0.2) is 35.2 Å². The van der Waals surface area contributed by atoms with E-state index in [-0.39, 0.29) is 11.1 Å². The lowest BCUT2D eigenvalue weighted by Gasteiger charge is -2.20. The molecular weight excluding hydrogens is 461 g/mol. The van der Waals surface area contributed by atoms with Gasteiger partial charge in [-0.3, -0.25) is 4.39 Å². The van der Waals surface area contributed by atoms with Crippen LogP contribution in [0.2, 0.25) is 5.02 Å². The summed E-state index contributed by atoms with van der Waals surface area (Å²) in [5, 5.41) is 0.0748. The van der Waals surface area contributed by atoms with E-state index in [1.165, 1.54) is 25.0 Å². The van der Waals surface area contributed by atoms with Crippen LogP contribution >= 0.6 is 23.5 Å². The molecule has 1 aliphatic carbocycles. The van der Waals surface area contributed by atoms with Crippen molar-refractivity contribution in [1.29, 1.82) is 0 Å². The third-order valence-electron chi connectivity index (χ3n) is 5.10. The molecule has 1 saturated carbocycles. The first-order valence-corrected chi connectivity index (χ1v) is 11.4. The zero-order valence-corrected chi connectivity index (χ0v) is 20.3. The highest BCUT2D eigenvalue weighted by atomic mass is 35.5. The quantitative estimate of drug-likeness (QED) is 0.416. The Hall–Kier alpha value is -1.68. The van der Waals surface area contributed by atoms with Gasteiger partial charge in [-0.1, -0.05) is 17.7 Å². The fraction of sp³-hybridized carbons (Fsp3) is 0.500. The molecule has 1 N–H and O–H groups in total. The minimum Gasteiger partial charge on any atom is -0.380 e. The maximum absolute atomic E-state index is 14.5. The third-order valence-corrected chi connectivity index (χ3v) is 6.31. The number of hydrogen-bond donors (Lipinski definition) is 1. The number of pyridine rings is 1. The summed E-state index contributed by atoms with van der Waals surface area (Å²) in [5.41, 5.74) is 0.655. The standard InChI is InChI=1S/C16H16ClF2N3OS.C5H11N.CH3F/c1-23-10-7-8-22(9-10)11-5-6-12(16(19)15(11)17)24-21-14-4-2-3-13(18)20-14;1-6(2)5-3-4-5;1-2/h2-6,10H,7-9H2,1H3,(H,20,21);5H,3-4H2,1-2H3;1H3. The molecule has 0 bridgehead atoms. The number of alkyl halides is 1.